The molecule has 8 heteroatoms. The molecule has 3 heterocycles. The van der Waals surface area contributed by atoms with Crippen molar-refractivity contribution in [2.45, 2.75) is 32.2 Å². The van der Waals surface area contributed by atoms with Crippen molar-refractivity contribution in [3.8, 4) is 6.07 Å². The summed E-state index contributed by atoms with van der Waals surface area (Å²) < 4.78 is 18.6. The topological polar surface area (TPSA) is 72.7 Å². The number of nitriles is 1. The molecule has 150 valence electrons. The van der Waals surface area contributed by atoms with Gasteiger partial charge in [0.1, 0.15) is 11.9 Å². The maximum Gasteiger partial charge on any atom is 0.409 e. The van der Waals surface area contributed by atoms with E-state index in [1.54, 1.807) is 0 Å². The molecule has 28 heavy (non-hydrogen) atoms. The SMILES string of the molecule is CCOC(=O)N1CC2(CC[C@@H](N3CCN(c4nc(F)ccc4C#N)CC3)C2)C1. The number of pyridine rings is 1. The first-order valence-electron chi connectivity index (χ1n) is 10.0. The number of likely N-dealkylation sites (tertiary alicyclic amines) is 1. The molecule has 1 amide bonds. The highest BCUT2D eigenvalue weighted by Crippen LogP contribution is 2.47. The average molecular weight is 387 g/mol. The fraction of sp³-hybridized carbons (Fsp3) is 0.650. The number of piperazine rings is 1. The number of amides is 1. The summed E-state index contributed by atoms with van der Waals surface area (Å²) in [6.07, 6.45) is 3.22. The maximum atomic E-state index is 13.5. The lowest BCUT2D eigenvalue weighted by atomic mass is 9.78. The van der Waals surface area contributed by atoms with Gasteiger partial charge in [0.15, 0.2) is 0 Å². The molecule has 7 nitrogen and oxygen atoms in total. The molecule has 1 atom stereocenters. The van der Waals surface area contributed by atoms with Crippen LogP contribution in [0.3, 0.4) is 0 Å². The predicted octanol–water partition coefficient (Wildman–Crippen LogP) is 2.23. The molecule has 0 radical (unpaired) electrons. The highest BCUT2D eigenvalue weighted by molar-refractivity contribution is 5.69. The zero-order chi connectivity index (χ0) is 19.7. The van der Waals surface area contributed by atoms with E-state index in [0.29, 0.717) is 24.0 Å². The Kier molecular flexibility index (Phi) is 5.11. The fourth-order valence-electron chi connectivity index (χ4n) is 4.94. The molecule has 1 aliphatic carbocycles. The van der Waals surface area contributed by atoms with E-state index in [-0.39, 0.29) is 11.5 Å². The van der Waals surface area contributed by atoms with Gasteiger partial charge in [0.05, 0.1) is 12.2 Å². The summed E-state index contributed by atoms with van der Waals surface area (Å²) in [5.74, 6) is -0.0978. The zero-order valence-electron chi connectivity index (χ0n) is 16.2. The first-order valence-corrected chi connectivity index (χ1v) is 10.0. The van der Waals surface area contributed by atoms with Gasteiger partial charge in [-0.3, -0.25) is 4.90 Å². The van der Waals surface area contributed by atoms with Crippen LogP contribution in [0.1, 0.15) is 31.7 Å². The Bertz CT molecular complexity index is 781. The maximum absolute atomic E-state index is 13.5. The summed E-state index contributed by atoms with van der Waals surface area (Å²) in [4.78, 5) is 22.1. The summed E-state index contributed by atoms with van der Waals surface area (Å²) in [6, 6.07) is 5.37. The number of carbonyl (C=O) groups excluding carboxylic acids is 1. The molecule has 0 aromatic carbocycles. The second kappa shape index (κ2) is 7.55. The number of hydrogen-bond acceptors (Lipinski definition) is 6. The standard InChI is InChI=1S/C20H26FN5O2/c1-2-28-19(27)26-13-20(14-26)6-5-16(11-20)24-7-9-25(10-8-24)18-15(12-22)3-4-17(21)23-18/h3-4,16H,2,5-11,13-14H2,1H3/t16-/m1/s1. The number of aromatic nitrogens is 1. The van der Waals surface area contributed by atoms with Crippen LogP contribution in [0.2, 0.25) is 0 Å². The Morgan fingerprint density at radius 1 is 1.36 bits per heavy atom. The molecule has 0 N–H and O–H groups in total. The first-order chi connectivity index (χ1) is 13.5. The van der Waals surface area contributed by atoms with Gasteiger partial charge in [-0.2, -0.15) is 9.65 Å². The number of rotatable bonds is 3. The molecule has 3 aliphatic rings. The van der Waals surface area contributed by atoms with Crippen molar-refractivity contribution in [3.63, 3.8) is 0 Å². The quantitative estimate of drug-likeness (QED) is 0.741. The van der Waals surface area contributed by atoms with Crippen molar-refractivity contribution in [1.82, 2.24) is 14.8 Å². The van der Waals surface area contributed by atoms with E-state index in [0.717, 1.165) is 58.5 Å². The van der Waals surface area contributed by atoms with E-state index in [4.69, 9.17) is 4.74 Å². The van der Waals surface area contributed by atoms with Crippen LogP contribution in [0.5, 0.6) is 0 Å². The lowest BCUT2D eigenvalue weighted by Crippen LogP contribution is -2.58. The molecule has 4 rings (SSSR count). The van der Waals surface area contributed by atoms with Crippen LogP contribution >= 0.6 is 0 Å². The van der Waals surface area contributed by atoms with Gasteiger partial charge in [-0.15, -0.1) is 0 Å². The van der Waals surface area contributed by atoms with Crippen molar-refractivity contribution in [2.75, 3.05) is 50.8 Å². The second-order valence-electron chi connectivity index (χ2n) is 8.09. The molecule has 1 spiro atoms. The number of ether oxygens (including phenoxy) is 1. The van der Waals surface area contributed by atoms with Crippen molar-refractivity contribution in [2.24, 2.45) is 5.41 Å². The predicted molar refractivity (Wildman–Crippen MR) is 101 cm³/mol. The van der Waals surface area contributed by atoms with Crippen molar-refractivity contribution < 1.29 is 13.9 Å². The average Bonchev–Trinajstić information content (AvgIpc) is 3.13. The number of nitrogens with zero attached hydrogens (tertiary/aromatic N) is 5. The van der Waals surface area contributed by atoms with E-state index in [1.165, 1.54) is 12.1 Å². The minimum atomic E-state index is -0.551. The van der Waals surface area contributed by atoms with Crippen molar-refractivity contribution >= 4 is 11.9 Å². The van der Waals surface area contributed by atoms with Gasteiger partial charge in [-0.25, -0.2) is 9.78 Å². The first kappa shape index (κ1) is 18.9. The highest BCUT2D eigenvalue weighted by atomic mass is 19.1. The molecule has 0 bridgehead atoms. The third-order valence-corrected chi connectivity index (χ3v) is 6.35. The van der Waals surface area contributed by atoms with Gasteiger partial charge in [0.25, 0.3) is 0 Å². The van der Waals surface area contributed by atoms with Crippen LogP contribution in [-0.2, 0) is 4.74 Å². The normalized spacial score (nSPS) is 24.1. The minimum Gasteiger partial charge on any atom is -0.450 e. The van der Waals surface area contributed by atoms with Crippen LogP contribution in [0, 0.1) is 22.7 Å². The Morgan fingerprint density at radius 2 is 2.11 bits per heavy atom. The number of hydrogen-bond donors (Lipinski definition) is 0. The molecule has 2 aliphatic heterocycles. The third kappa shape index (κ3) is 3.51. The van der Waals surface area contributed by atoms with Crippen LogP contribution in [0.4, 0.5) is 15.0 Å². The molecule has 0 unspecified atom stereocenters. The van der Waals surface area contributed by atoms with Gasteiger partial charge in [0.2, 0.25) is 5.95 Å². The van der Waals surface area contributed by atoms with E-state index in [9.17, 15) is 14.4 Å². The summed E-state index contributed by atoms with van der Waals surface area (Å²) in [5, 5.41) is 9.26. The van der Waals surface area contributed by atoms with Gasteiger partial charge in [0, 0.05) is 50.7 Å². The molecule has 2 saturated heterocycles. The Morgan fingerprint density at radius 3 is 2.79 bits per heavy atom. The summed E-state index contributed by atoms with van der Waals surface area (Å²) >= 11 is 0. The van der Waals surface area contributed by atoms with Gasteiger partial charge >= 0.3 is 6.09 Å². The van der Waals surface area contributed by atoms with Crippen molar-refractivity contribution in [1.29, 1.82) is 5.26 Å². The minimum absolute atomic E-state index is 0.193. The third-order valence-electron chi connectivity index (χ3n) is 6.35. The molecular weight excluding hydrogens is 361 g/mol. The zero-order valence-corrected chi connectivity index (χ0v) is 16.2. The summed E-state index contributed by atoms with van der Waals surface area (Å²) in [5.41, 5.74) is 0.676. The fourth-order valence-corrected chi connectivity index (χ4v) is 4.94. The van der Waals surface area contributed by atoms with Gasteiger partial charge in [-0.1, -0.05) is 0 Å². The lowest BCUT2D eigenvalue weighted by molar-refractivity contribution is -0.00294. The van der Waals surface area contributed by atoms with Crippen LogP contribution in [-0.4, -0.2) is 72.8 Å². The molecule has 1 saturated carbocycles. The summed E-state index contributed by atoms with van der Waals surface area (Å²) in [7, 11) is 0. The van der Waals surface area contributed by atoms with Crippen LogP contribution in [0.25, 0.3) is 0 Å². The number of halogens is 1. The van der Waals surface area contributed by atoms with E-state index in [1.807, 2.05) is 16.7 Å². The largest absolute Gasteiger partial charge is 0.450 e. The van der Waals surface area contributed by atoms with Crippen molar-refractivity contribution in [3.05, 3.63) is 23.6 Å². The molecule has 1 aromatic heterocycles. The van der Waals surface area contributed by atoms with Gasteiger partial charge < -0.3 is 14.5 Å². The highest BCUT2D eigenvalue weighted by Gasteiger charge is 2.51. The van der Waals surface area contributed by atoms with E-state index < -0.39 is 5.95 Å². The van der Waals surface area contributed by atoms with E-state index in [2.05, 4.69) is 16.0 Å². The Hall–Kier alpha value is -2.40. The Balaban J connectivity index is 1.31. The number of anilines is 1. The molecule has 1 aromatic rings. The van der Waals surface area contributed by atoms with Crippen LogP contribution in [0.15, 0.2) is 12.1 Å². The van der Waals surface area contributed by atoms with Gasteiger partial charge in [-0.05, 0) is 38.3 Å². The second-order valence-corrected chi connectivity index (χ2v) is 8.09. The molecular formula is C20H26FN5O2. The summed E-state index contributed by atoms with van der Waals surface area (Å²) in [6.45, 7) is 7.10. The monoisotopic (exact) mass is 387 g/mol. The number of carbonyl (C=O) groups is 1. The smallest absolute Gasteiger partial charge is 0.409 e. The van der Waals surface area contributed by atoms with Crippen LogP contribution < -0.4 is 4.90 Å². The molecule has 3 fully saturated rings. The Labute approximate surface area is 164 Å². The lowest BCUT2D eigenvalue weighted by Gasteiger charge is -2.48. The van der Waals surface area contributed by atoms with E-state index >= 15 is 0 Å².